The van der Waals surface area contributed by atoms with Gasteiger partial charge in [0, 0.05) is 0 Å². The highest BCUT2D eigenvalue weighted by atomic mass is 32.2. The van der Waals surface area contributed by atoms with Crippen LogP contribution in [0.25, 0.3) is 0 Å². The first-order valence-corrected chi connectivity index (χ1v) is 6.75. The van der Waals surface area contributed by atoms with Gasteiger partial charge in [0.25, 0.3) is 10.1 Å². The average molecular weight is 244 g/mol. The summed E-state index contributed by atoms with van der Waals surface area (Å²) < 4.78 is 39.2. The zero-order valence-electron chi connectivity index (χ0n) is 8.73. The van der Waals surface area contributed by atoms with Gasteiger partial charge < -0.3 is 0 Å². The molecule has 1 aliphatic rings. The number of rotatable bonds is 3. The summed E-state index contributed by atoms with van der Waals surface area (Å²) in [6.07, 6.45) is 1.89. The first-order chi connectivity index (χ1) is 7.62. The minimum atomic E-state index is -4.03. The lowest BCUT2D eigenvalue weighted by molar-refractivity contribution is 0.187. The Hall–Kier alpha value is -0.940. The van der Waals surface area contributed by atoms with Crippen LogP contribution in [0.3, 0.4) is 0 Å². The number of hydrogen-bond acceptors (Lipinski definition) is 3. The summed E-state index contributed by atoms with van der Waals surface area (Å²) in [5.74, 6) is 0. The summed E-state index contributed by atoms with van der Waals surface area (Å²) in [4.78, 5) is 0. The first-order valence-electron chi connectivity index (χ1n) is 5.17. The summed E-state index contributed by atoms with van der Waals surface area (Å²) in [6, 6.07) is 6.07. The summed E-state index contributed by atoms with van der Waals surface area (Å²) in [7, 11) is -4.03. The fourth-order valence-electron chi connectivity index (χ4n) is 2.01. The Labute approximate surface area is 94.4 Å². The van der Waals surface area contributed by atoms with Gasteiger partial charge in [-0.1, -0.05) is 24.3 Å². The molecule has 88 valence electrons. The Morgan fingerprint density at radius 2 is 2.12 bits per heavy atom. The standard InChI is InChI=1S/C11H13FO3S/c12-8-16(13,14)15-11-7-3-5-9-4-1-2-6-10(9)11/h1-2,4,6,11H,3,5,7-8H2. The van der Waals surface area contributed by atoms with Gasteiger partial charge in [0.05, 0.1) is 0 Å². The molecule has 0 aliphatic heterocycles. The van der Waals surface area contributed by atoms with E-state index < -0.39 is 22.2 Å². The van der Waals surface area contributed by atoms with Crippen LogP contribution in [0.5, 0.6) is 0 Å². The van der Waals surface area contributed by atoms with Gasteiger partial charge in [-0.3, -0.25) is 4.18 Å². The van der Waals surface area contributed by atoms with Crippen LogP contribution in [0.4, 0.5) is 4.39 Å². The van der Waals surface area contributed by atoms with Crippen molar-refractivity contribution < 1.29 is 17.0 Å². The monoisotopic (exact) mass is 244 g/mol. The zero-order chi connectivity index (χ0) is 11.6. The SMILES string of the molecule is O=S(=O)(CF)OC1CCCc2ccccc21. The van der Waals surface area contributed by atoms with Crippen molar-refractivity contribution in [2.24, 2.45) is 0 Å². The molecule has 0 amide bonds. The third kappa shape index (κ3) is 2.41. The molecule has 0 radical (unpaired) electrons. The molecule has 2 rings (SSSR count). The van der Waals surface area contributed by atoms with Gasteiger partial charge in [-0.25, -0.2) is 4.39 Å². The van der Waals surface area contributed by atoms with Crippen LogP contribution >= 0.6 is 0 Å². The third-order valence-corrected chi connectivity index (χ3v) is 3.50. The van der Waals surface area contributed by atoms with Crippen LogP contribution in [-0.4, -0.2) is 14.4 Å². The van der Waals surface area contributed by atoms with Gasteiger partial charge in [-0.15, -0.1) is 0 Å². The van der Waals surface area contributed by atoms with Crippen molar-refractivity contribution in [3.63, 3.8) is 0 Å². The van der Waals surface area contributed by atoms with E-state index in [1.54, 1.807) is 0 Å². The number of fused-ring (bicyclic) bond motifs is 1. The maximum absolute atomic E-state index is 12.2. The van der Waals surface area contributed by atoms with Crippen LogP contribution in [0, 0.1) is 0 Å². The number of hydrogen-bond donors (Lipinski definition) is 0. The molecule has 1 aromatic carbocycles. The fourth-order valence-corrected chi connectivity index (χ4v) is 2.62. The number of aryl methyl sites for hydroxylation is 1. The van der Waals surface area contributed by atoms with Gasteiger partial charge in [0.15, 0.2) is 0 Å². The van der Waals surface area contributed by atoms with Gasteiger partial charge in [0.2, 0.25) is 6.01 Å². The molecule has 1 aliphatic carbocycles. The lowest BCUT2D eigenvalue weighted by Crippen LogP contribution is -2.17. The predicted octanol–water partition coefficient (Wildman–Crippen LogP) is 2.34. The minimum Gasteiger partial charge on any atom is -0.260 e. The molecule has 0 aromatic heterocycles. The Balaban J connectivity index is 2.26. The van der Waals surface area contributed by atoms with Crippen LogP contribution < -0.4 is 0 Å². The van der Waals surface area contributed by atoms with Crippen LogP contribution in [0.2, 0.25) is 0 Å². The van der Waals surface area contributed by atoms with Crippen LogP contribution in [-0.2, 0) is 20.7 Å². The van der Waals surface area contributed by atoms with E-state index in [9.17, 15) is 12.8 Å². The topological polar surface area (TPSA) is 43.4 Å². The lowest BCUT2D eigenvalue weighted by Gasteiger charge is -2.24. The normalized spacial score (nSPS) is 20.4. The lowest BCUT2D eigenvalue weighted by atomic mass is 9.90. The smallest absolute Gasteiger partial charge is 0.260 e. The average Bonchev–Trinajstić information content (AvgIpc) is 2.29. The molecule has 0 fully saturated rings. The van der Waals surface area contributed by atoms with E-state index in [1.807, 2.05) is 24.3 Å². The van der Waals surface area contributed by atoms with Crippen molar-refractivity contribution in [2.45, 2.75) is 25.4 Å². The van der Waals surface area contributed by atoms with E-state index >= 15 is 0 Å². The van der Waals surface area contributed by atoms with Crippen molar-refractivity contribution in [3.05, 3.63) is 35.4 Å². The van der Waals surface area contributed by atoms with Crippen LogP contribution in [0.1, 0.15) is 30.1 Å². The van der Waals surface area contributed by atoms with Crippen molar-refractivity contribution in [1.29, 1.82) is 0 Å². The van der Waals surface area contributed by atoms with E-state index in [-0.39, 0.29) is 0 Å². The van der Waals surface area contributed by atoms with Crippen molar-refractivity contribution in [1.82, 2.24) is 0 Å². The summed E-state index contributed by atoms with van der Waals surface area (Å²) in [5, 5.41) is 0. The Bertz CT molecular complexity index is 470. The minimum absolute atomic E-state index is 0.523. The Kier molecular flexibility index (Phi) is 3.25. The van der Waals surface area contributed by atoms with Gasteiger partial charge >= 0.3 is 0 Å². The largest absolute Gasteiger partial charge is 0.297 e. The fraction of sp³-hybridized carbons (Fsp3) is 0.455. The van der Waals surface area contributed by atoms with Gasteiger partial charge in [-0.05, 0) is 30.4 Å². The van der Waals surface area contributed by atoms with Crippen molar-refractivity contribution in [2.75, 3.05) is 6.01 Å². The molecule has 16 heavy (non-hydrogen) atoms. The van der Waals surface area contributed by atoms with Gasteiger partial charge in [0.1, 0.15) is 6.10 Å². The van der Waals surface area contributed by atoms with E-state index in [0.717, 1.165) is 24.0 Å². The van der Waals surface area contributed by atoms with E-state index in [0.29, 0.717) is 6.42 Å². The molecule has 0 saturated carbocycles. The summed E-state index contributed by atoms with van der Waals surface area (Å²) in [5.41, 5.74) is 1.96. The number of alkyl halides is 1. The van der Waals surface area contributed by atoms with E-state index in [1.165, 1.54) is 0 Å². The third-order valence-electron chi connectivity index (χ3n) is 2.71. The maximum Gasteiger partial charge on any atom is 0.297 e. The molecule has 5 heteroatoms. The molecule has 0 bridgehead atoms. The molecule has 0 heterocycles. The predicted molar refractivity (Wildman–Crippen MR) is 58.1 cm³/mol. The molecule has 3 nitrogen and oxygen atoms in total. The summed E-state index contributed by atoms with van der Waals surface area (Å²) >= 11 is 0. The Morgan fingerprint density at radius 3 is 2.88 bits per heavy atom. The second-order valence-corrected chi connectivity index (χ2v) is 5.37. The second-order valence-electron chi connectivity index (χ2n) is 3.84. The second kappa shape index (κ2) is 4.51. The highest BCUT2D eigenvalue weighted by molar-refractivity contribution is 7.86. The zero-order valence-corrected chi connectivity index (χ0v) is 9.54. The highest BCUT2D eigenvalue weighted by Gasteiger charge is 2.25. The molecule has 1 atom stereocenters. The number of halogens is 1. The first kappa shape index (κ1) is 11.5. The molecule has 0 spiro atoms. The Morgan fingerprint density at radius 1 is 1.38 bits per heavy atom. The quantitative estimate of drug-likeness (QED) is 0.766. The molecular weight excluding hydrogens is 231 g/mol. The van der Waals surface area contributed by atoms with Gasteiger partial charge in [-0.2, -0.15) is 8.42 Å². The molecule has 0 saturated heterocycles. The summed E-state index contributed by atoms with van der Waals surface area (Å²) in [6.45, 7) is 0. The van der Waals surface area contributed by atoms with Crippen molar-refractivity contribution in [3.8, 4) is 0 Å². The molecular formula is C11H13FO3S. The molecule has 1 unspecified atom stereocenters. The van der Waals surface area contributed by atoms with E-state index in [2.05, 4.69) is 0 Å². The number of benzene rings is 1. The highest BCUT2D eigenvalue weighted by Crippen LogP contribution is 2.33. The maximum atomic E-state index is 12.2. The molecule has 1 aromatic rings. The van der Waals surface area contributed by atoms with E-state index in [4.69, 9.17) is 4.18 Å². The van der Waals surface area contributed by atoms with Crippen LogP contribution in [0.15, 0.2) is 24.3 Å². The van der Waals surface area contributed by atoms with Crippen molar-refractivity contribution >= 4 is 10.1 Å². The molecule has 0 N–H and O–H groups in total.